The maximum absolute atomic E-state index is 11.8. The second kappa shape index (κ2) is 5.52. The topological polar surface area (TPSA) is 53.4 Å². The van der Waals surface area contributed by atoms with Gasteiger partial charge in [0.1, 0.15) is 5.69 Å². The molecule has 0 saturated carbocycles. The zero-order valence-electron chi connectivity index (χ0n) is 11.2. The van der Waals surface area contributed by atoms with Crippen molar-refractivity contribution in [3.8, 4) is 5.75 Å². The third-order valence-corrected chi connectivity index (χ3v) is 3.35. The molecule has 0 bridgehead atoms. The Morgan fingerprint density at radius 2 is 2.33 bits per heavy atom. The molecular formula is C13H20N2O3. The van der Waals surface area contributed by atoms with Crippen LogP contribution in [0.4, 0.5) is 0 Å². The Morgan fingerprint density at radius 3 is 2.89 bits per heavy atom. The number of esters is 1. The summed E-state index contributed by atoms with van der Waals surface area (Å²) in [6.07, 6.45) is 3.53. The van der Waals surface area contributed by atoms with E-state index in [4.69, 9.17) is 9.47 Å². The van der Waals surface area contributed by atoms with Crippen LogP contribution in [0.3, 0.4) is 0 Å². The molecule has 0 aromatic carbocycles. The number of rotatable bonds is 4. The second-order valence-corrected chi connectivity index (χ2v) is 4.77. The molecule has 18 heavy (non-hydrogen) atoms. The molecule has 100 valence electrons. The summed E-state index contributed by atoms with van der Waals surface area (Å²) in [5.74, 6) is 0.388. The molecule has 0 radical (unpaired) electrons. The number of aromatic nitrogens is 2. The van der Waals surface area contributed by atoms with Crippen LogP contribution in [0.25, 0.3) is 0 Å². The summed E-state index contributed by atoms with van der Waals surface area (Å²) in [5.41, 5.74) is 1.62. The average Bonchev–Trinajstić information content (AvgIpc) is 2.92. The third kappa shape index (κ3) is 2.90. The molecule has 0 aliphatic carbocycles. The van der Waals surface area contributed by atoms with Gasteiger partial charge < -0.3 is 9.47 Å². The summed E-state index contributed by atoms with van der Waals surface area (Å²) in [6, 6.07) is 0. The van der Waals surface area contributed by atoms with E-state index >= 15 is 0 Å². The first-order valence-electron chi connectivity index (χ1n) is 6.40. The van der Waals surface area contributed by atoms with Crippen LogP contribution in [0.1, 0.15) is 37.1 Å². The van der Waals surface area contributed by atoms with Crippen molar-refractivity contribution in [3.05, 3.63) is 11.4 Å². The van der Waals surface area contributed by atoms with Crippen molar-refractivity contribution in [2.24, 2.45) is 7.05 Å². The van der Waals surface area contributed by atoms with Gasteiger partial charge in [-0.15, -0.1) is 0 Å². The molecule has 2 rings (SSSR count). The summed E-state index contributed by atoms with van der Waals surface area (Å²) < 4.78 is 12.6. The molecule has 0 unspecified atom stereocenters. The van der Waals surface area contributed by atoms with E-state index < -0.39 is 0 Å². The van der Waals surface area contributed by atoms with Gasteiger partial charge in [0.25, 0.3) is 0 Å². The van der Waals surface area contributed by atoms with Gasteiger partial charge in [-0.1, -0.05) is 0 Å². The number of ether oxygens (including phenoxy) is 2. The van der Waals surface area contributed by atoms with Crippen molar-refractivity contribution < 1.29 is 14.3 Å². The Bertz CT molecular complexity index is 434. The van der Waals surface area contributed by atoms with Crippen LogP contribution in [-0.2, 0) is 16.6 Å². The summed E-state index contributed by atoms with van der Waals surface area (Å²) in [6.45, 7) is 4.55. The van der Waals surface area contributed by atoms with E-state index in [9.17, 15) is 4.79 Å². The van der Waals surface area contributed by atoms with Gasteiger partial charge in [0.2, 0.25) is 0 Å². The highest BCUT2D eigenvalue weighted by atomic mass is 16.5. The van der Waals surface area contributed by atoms with Crippen LogP contribution < -0.4 is 4.74 Å². The fraction of sp³-hybridized carbons (Fsp3) is 0.692. The molecule has 1 atom stereocenters. The SMILES string of the molecule is Cc1nn(C)c(C)c1OC(=O)CC[C@@H]1CCCO1. The lowest BCUT2D eigenvalue weighted by atomic mass is 10.1. The first-order chi connectivity index (χ1) is 8.58. The van der Waals surface area contributed by atoms with E-state index in [-0.39, 0.29) is 12.1 Å². The summed E-state index contributed by atoms with van der Waals surface area (Å²) in [7, 11) is 1.84. The fourth-order valence-corrected chi connectivity index (χ4v) is 2.22. The number of carbonyl (C=O) groups is 1. The van der Waals surface area contributed by atoms with Crippen molar-refractivity contribution >= 4 is 5.97 Å². The van der Waals surface area contributed by atoms with E-state index in [1.807, 2.05) is 20.9 Å². The molecule has 0 amide bonds. The average molecular weight is 252 g/mol. The second-order valence-electron chi connectivity index (χ2n) is 4.77. The van der Waals surface area contributed by atoms with Crippen molar-refractivity contribution in [2.75, 3.05) is 6.61 Å². The molecule has 1 aromatic heterocycles. The number of hydrogen-bond acceptors (Lipinski definition) is 4. The normalized spacial score (nSPS) is 19.2. The highest BCUT2D eigenvalue weighted by Gasteiger charge is 2.19. The fourth-order valence-electron chi connectivity index (χ4n) is 2.22. The van der Waals surface area contributed by atoms with Crippen LogP contribution in [0.2, 0.25) is 0 Å². The van der Waals surface area contributed by atoms with E-state index in [1.54, 1.807) is 4.68 Å². The molecule has 1 fully saturated rings. The van der Waals surface area contributed by atoms with Gasteiger partial charge >= 0.3 is 5.97 Å². The maximum Gasteiger partial charge on any atom is 0.311 e. The third-order valence-electron chi connectivity index (χ3n) is 3.35. The minimum Gasteiger partial charge on any atom is -0.423 e. The highest BCUT2D eigenvalue weighted by Crippen LogP contribution is 2.23. The summed E-state index contributed by atoms with van der Waals surface area (Å²) >= 11 is 0. The molecule has 1 saturated heterocycles. The first kappa shape index (κ1) is 13.1. The molecule has 1 aliphatic rings. The van der Waals surface area contributed by atoms with Gasteiger partial charge in [0, 0.05) is 20.1 Å². The number of nitrogens with zero attached hydrogens (tertiary/aromatic N) is 2. The number of hydrogen-bond donors (Lipinski definition) is 0. The molecular weight excluding hydrogens is 232 g/mol. The van der Waals surface area contributed by atoms with E-state index in [2.05, 4.69) is 5.10 Å². The monoisotopic (exact) mass is 252 g/mol. The molecule has 5 heteroatoms. The van der Waals surface area contributed by atoms with Crippen molar-refractivity contribution in [1.29, 1.82) is 0 Å². The lowest BCUT2D eigenvalue weighted by Crippen LogP contribution is -2.13. The maximum atomic E-state index is 11.8. The predicted molar refractivity (Wildman–Crippen MR) is 66.5 cm³/mol. The van der Waals surface area contributed by atoms with Crippen LogP contribution in [0.15, 0.2) is 0 Å². The summed E-state index contributed by atoms with van der Waals surface area (Å²) in [4.78, 5) is 11.8. The largest absolute Gasteiger partial charge is 0.423 e. The predicted octanol–water partition coefficient (Wildman–Crippen LogP) is 1.90. The Labute approximate surface area is 107 Å². The lowest BCUT2D eigenvalue weighted by molar-refractivity contribution is -0.135. The molecule has 1 aromatic rings. The molecule has 5 nitrogen and oxygen atoms in total. The Balaban J connectivity index is 1.86. The minimum absolute atomic E-state index is 0.204. The van der Waals surface area contributed by atoms with Crippen molar-refractivity contribution in [3.63, 3.8) is 0 Å². The van der Waals surface area contributed by atoms with E-state index in [0.29, 0.717) is 12.2 Å². The van der Waals surface area contributed by atoms with E-state index in [0.717, 1.165) is 37.3 Å². The van der Waals surface area contributed by atoms with Crippen LogP contribution in [0, 0.1) is 13.8 Å². The molecule has 0 N–H and O–H groups in total. The smallest absolute Gasteiger partial charge is 0.311 e. The Hall–Kier alpha value is -1.36. The standard InChI is InChI=1S/C13H20N2O3/c1-9-13(10(2)15(3)14-9)18-12(16)7-6-11-5-4-8-17-11/h11H,4-8H2,1-3H3/t11-/m0/s1. The Morgan fingerprint density at radius 1 is 1.56 bits per heavy atom. The first-order valence-corrected chi connectivity index (χ1v) is 6.40. The van der Waals surface area contributed by atoms with Crippen molar-refractivity contribution in [1.82, 2.24) is 9.78 Å². The molecule has 2 heterocycles. The molecule has 0 spiro atoms. The minimum atomic E-state index is -0.204. The lowest BCUT2D eigenvalue weighted by Gasteiger charge is -2.08. The number of carbonyl (C=O) groups excluding carboxylic acids is 1. The van der Waals surface area contributed by atoms with Crippen LogP contribution >= 0.6 is 0 Å². The van der Waals surface area contributed by atoms with Gasteiger partial charge in [-0.2, -0.15) is 5.10 Å². The Kier molecular flexibility index (Phi) is 4.01. The molecule has 1 aliphatic heterocycles. The van der Waals surface area contributed by atoms with Gasteiger partial charge in [0.05, 0.1) is 11.8 Å². The van der Waals surface area contributed by atoms with Crippen molar-refractivity contribution in [2.45, 2.75) is 45.6 Å². The highest BCUT2D eigenvalue weighted by molar-refractivity contribution is 5.72. The number of aryl methyl sites for hydroxylation is 2. The van der Waals surface area contributed by atoms with Gasteiger partial charge in [-0.3, -0.25) is 9.48 Å². The van der Waals surface area contributed by atoms with Gasteiger partial charge in [-0.05, 0) is 33.1 Å². The summed E-state index contributed by atoms with van der Waals surface area (Å²) in [5, 5.41) is 4.22. The van der Waals surface area contributed by atoms with Gasteiger partial charge in [0.15, 0.2) is 5.75 Å². The quantitative estimate of drug-likeness (QED) is 0.768. The van der Waals surface area contributed by atoms with Gasteiger partial charge in [-0.25, -0.2) is 0 Å². The van der Waals surface area contributed by atoms with Crippen LogP contribution in [0.5, 0.6) is 5.75 Å². The van der Waals surface area contributed by atoms with E-state index in [1.165, 1.54) is 0 Å². The zero-order valence-corrected chi connectivity index (χ0v) is 11.2. The van der Waals surface area contributed by atoms with Crippen LogP contribution in [-0.4, -0.2) is 28.5 Å². The zero-order chi connectivity index (χ0) is 13.1.